The molecule has 0 aromatic heterocycles. The number of Topliss-reactive ketones (excluding diaryl/α,β-unsaturated/α-hetero) is 1. The Morgan fingerprint density at radius 2 is 1.74 bits per heavy atom. The van der Waals surface area contributed by atoms with E-state index >= 15 is 0 Å². The van der Waals surface area contributed by atoms with Crippen LogP contribution in [0.3, 0.4) is 0 Å². The Morgan fingerprint density at radius 3 is 2.45 bits per heavy atom. The van der Waals surface area contributed by atoms with Crippen molar-refractivity contribution in [2.24, 2.45) is 40.4 Å². The highest BCUT2D eigenvalue weighted by atomic mass is 16.7. The Bertz CT molecular complexity index is 959. The van der Waals surface area contributed by atoms with Gasteiger partial charge in [0.1, 0.15) is 24.9 Å². The standard InChI is InChI=1S/C27H40O11/c1-26-7-6-12(36-24-21(32)19(30)20(31)22(38-24)23(33)34)8-11(26)2-3-13-14-4-5-15(16(29)10-28)27(14)9-17(18(13)26)37-25(27)35/h11-15,17-22,24-25,28,30-32,35H,2-10H2,1H3,(H,33,34)/t11?,12?,13?,14?,15-,17+,18?,19-,20+,21-,22+,24-,25?,26+,27?/m1/s1. The van der Waals surface area contributed by atoms with Crippen LogP contribution in [0.5, 0.6) is 0 Å². The highest BCUT2D eigenvalue weighted by Crippen LogP contribution is 2.71. The number of carbonyl (C=O) groups excluding carboxylic acids is 1. The smallest absolute Gasteiger partial charge is 0.335 e. The molecule has 7 unspecified atom stereocenters. The lowest BCUT2D eigenvalue weighted by Gasteiger charge is -2.60. The SMILES string of the molecule is C[C@]12CCC(O[C@@H]3O[C@H](C(=O)O)[C@@H](O)[C@@H](O)[C@H]3O)CC1CCC1C3CC[C@H](C(=O)CO)C34C[C@H](OC4O)C12. The molecule has 0 radical (unpaired) electrons. The fourth-order valence-corrected chi connectivity index (χ4v) is 9.93. The lowest BCUT2D eigenvalue weighted by Crippen LogP contribution is -2.61. The average molecular weight is 541 g/mol. The van der Waals surface area contributed by atoms with Crippen LogP contribution in [0.25, 0.3) is 0 Å². The van der Waals surface area contributed by atoms with Gasteiger partial charge in [-0.05, 0) is 80.5 Å². The van der Waals surface area contributed by atoms with Crippen LogP contribution in [0.2, 0.25) is 0 Å². The lowest BCUT2D eigenvalue weighted by molar-refractivity contribution is -0.310. The van der Waals surface area contributed by atoms with Crippen LogP contribution in [0.15, 0.2) is 0 Å². The molecule has 2 bridgehead atoms. The predicted molar refractivity (Wildman–Crippen MR) is 127 cm³/mol. The van der Waals surface area contributed by atoms with Gasteiger partial charge in [0, 0.05) is 11.3 Å². The number of aliphatic hydroxyl groups is 5. The van der Waals surface area contributed by atoms with Crippen molar-refractivity contribution in [3.8, 4) is 0 Å². The third-order valence-electron chi connectivity index (χ3n) is 11.6. The minimum absolute atomic E-state index is 0.0753. The van der Waals surface area contributed by atoms with Gasteiger partial charge >= 0.3 is 5.97 Å². The molecule has 1 spiro atoms. The molecule has 0 amide bonds. The van der Waals surface area contributed by atoms with E-state index in [2.05, 4.69) is 6.92 Å². The Kier molecular flexibility index (Phi) is 6.71. The van der Waals surface area contributed by atoms with Gasteiger partial charge in [0.2, 0.25) is 0 Å². The maximum Gasteiger partial charge on any atom is 0.335 e. The highest BCUT2D eigenvalue weighted by Gasteiger charge is 2.71. The maximum atomic E-state index is 12.6. The summed E-state index contributed by atoms with van der Waals surface area (Å²) >= 11 is 0. The number of aliphatic carboxylic acids is 1. The second-order valence-electron chi connectivity index (χ2n) is 12.9. The van der Waals surface area contributed by atoms with E-state index < -0.39 is 55.0 Å². The van der Waals surface area contributed by atoms with Crippen LogP contribution < -0.4 is 0 Å². The average Bonchev–Trinajstić information content (AvgIpc) is 3.41. The number of carbonyl (C=O) groups is 2. The van der Waals surface area contributed by atoms with Crippen LogP contribution in [-0.4, -0.2) is 98.2 Å². The number of carboxylic acids is 1. The molecule has 6 fully saturated rings. The van der Waals surface area contributed by atoms with Crippen molar-refractivity contribution in [1.29, 1.82) is 0 Å². The molecule has 2 heterocycles. The first kappa shape index (κ1) is 27.0. The summed E-state index contributed by atoms with van der Waals surface area (Å²) in [5.41, 5.74) is -0.677. The molecule has 4 saturated carbocycles. The zero-order chi connectivity index (χ0) is 27.1. The van der Waals surface area contributed by atoms with Gasteiger partial charge in [0.15, 0.2) is 24.5 Å². The Hall–Kier alpha value is -1.18. The van der Waals surface area contributed by atoms with E-state index in [1.807, 2.05) is 0 Å². The summed E-state index contributed by atoms with van der Waals surface area (Å²) in [7, 11) is 0. The zero-order valence-electron chi connectivity index (χ0n) is 21.6. The van der Waals surface area contributed by atoms with Crippen molar-refractivity contribution < 1.29 is 54.4 Å². The monoisotopic (exact) mass is 540 g/mol. The molecule has 214 valence electrons. The topological polar surface area (TPSA) is 183 Å². The van der Waals surface area contributed by atoms with Crippen molar-refractivity contribution in [3.05, 3.63) is 0 Å². The number of hydrogen-bond acceptors (Lipinski definition) is 10. The molecular formula is C27H40O11. The van der Waals surface area contributed by atoms with Crippen molar-refractivity contribution in [3.63, 3.8) is 0 Å². The predicted octanol–water partition coefficient (Wildman–Crippen LogP) is -0.209. The Labute approximate surface area is 221 Å². The summed E-state index contributed by atoms with van der Waals surface area (Å²) in [5, 5.41) is 60.6. The molecule has 6 N–H and O–H groups in total. The maximum absolute atomic E-state index is 12.6. The Morgan fingerprint density at radius 1 is 0.974 bits per heavy atom. The largest absolute Gasteiger partial charge is 0.479 e. The van der Waals surface area contributed by atoms with E-state index in [0.717, 1.165) is 25.7 Å². The van der Waals surface area contributed by atoms with Crippen molar-refractivity contribution in [2.75, 3.05) is 6.61 Å². The van der Waals surface area contributed by atoms with E-state index in [4.69, 9.17) is 14.2 Å². The quantitative estimate of drug-likeness (QED) is 0.254. The van der Waals surface area contributed by atoms with Crippen LogP contribution in [-0.2, 0) is 23.8 Å². The first-order valence-corrected chi connectivity index (χ1v) is 14.1. The number of fused-ring (bicyclic) bond motifs is 6. The van der Waals surface area contributed by atoms with E-state index in [9.17, 15) is 40.2 Å². The van der Waals surface area contributed by atoms with Crippen molar-refractivity contribution >= 4 is 11.8 Å². The third-order valence-corrected chi connectivity index (χ3v) is 11.6. The summed E-state index contributed by atoms with van der Waals surface area (Å²) < 4.78 is 17.6. The second kappa shape index (κ2) is 9.44. The Balaban J connectivity index is 1.18. The van der Waals surface area contributed by atoms with E-state index in [-0.39, 0.29) is 47.1 Å². The van der Waals surface area contributed by atoms with Gasteiger partial charge in [0.25, 0.3) is 0 Å². The number of carboxylic acid groups (broad SMARTS) is 1. The fourth-order valence-electron chi connectivity index (χ4n) is 9.93. The minimum atomic E-state index is -1.75. The molecule has 0 aromatic rings. The molecule has 0 aromatic carbocycles. The molecule has 4 aliphatic carbocycles. The van der Waals surface area contributed by atoms with Crippen LogP contribution in [0.1, 0.15) is 58.3 Å². The number of hydrogen-bond donors (Lipinski definition) is 6. The van der Waals surface area contributed by atoms with Gasteiger partial charge in [-0.3, -0.25) is 4.79 Å². The summed E-state index contributed by atoms with van der Waals surface area (Å²) in [5.74, 6) is -0.976. The van der Waals surface area contributed by atoms with Gasteiger partial charge in [-0.1, -0.05) is 6.92 Å². The van der Waals surface area contributed by atoms with Gasteiger partial charge < -0.3 is 44.8 Å². The molecule has 2 saturated heterocycles. The number of ketones is 1. The molecule has 2 aliphatic heterocycles. The van der Waals surface area contributed by atoms with E-state index in [0.29, 0.717) is 31.6 Å². The molecule has 11 heteroatoms. The lowest BCUT2D eigenvalue weighted by atomic mass is 9.44. The number of ether oxygens (including phenoxy) is 3. The van der Waals surface area contributed by atoms with Gasteiger partial charge in [-0.15, -0.1) is 0 Å². The van der Waals surface area contributed by atoms with Crippen LogP contribution in [0, 0.1) is 40.4 Å². The van der Waals surface area contributed by atoms with Crippen LogP contribution >= 0.6 is 0 Å². The van der Waals surface area contributed by atoms with Gasteiger partial charge in [-0.25, -0.2) is 4.79 Å². The first-order chi connectivity index (χ1) is 18.0. The molecule has 15 atom stereocenters. The highest BCUT2D eigenvalue weighted by molar-refractivity contribution is 5.83. The summed E-state index contributed by atoms with van der Waals surface area (Å²) in [6.45, 7) is 1.79. The summed E-state index contributed by atoms with van der Waals surface area (Å²) in [6, 6.07) is 0. The summed E-state index contributed by atoms with van der Waals surface area (Å²) in [6.07, 6.45) is -3.32. The van der Waals surface area contributed by atoms with Gasteiger partial charge in [-0.2, -0.15) is 0 Å². The van der Waals surface area contributed by atoms with Gasteiger partial charge in [0.05, 0.1) is 12.2 Å². The fraction of sp³-hybridized carbons (Fsp3) is 0.926. The van der Waals surface area contributed by atoms with Crippen molar-refractivity contribution in [1.82, 2.24) is 0 Å². The third kappa shape index (κ3) is 3.69. The second-order valence-corrected chi connectivity index (χ2v) is 12.9. The molecule has 6 aliphatic rings. The summed E-state index contributed by atoms with van der Waals surface area (Å²) in [4.78, 5) is 24.1. The van der Waals surface area contributed by atoms with Crippen molar-refractivity contribution in [2.45, 2.75) is 107 Å². The number of aliphatic hydroxyl groups excluding tert-OH is 5. The molecule has 6 rings (SSSR count). The molecule has 11 nitrogen and oxygen atoms in total. The zero-order valence-corrected chi connectivity index (χ0v) is 21.6. The van der Waals surface area contributed by atoms with E-state index in [1.54, 1.807) is 0 Å². The molecule has 38 heavy (non-hydrogen) atoms. The molecular weight excluding hydrogens is 500 g/mol. The minimum Gasteiger partial charge on any atom is -0.479 e. The normalized spacial score (nSPS) is 55.6. The van der Waals surface area contributed by atoms with E-state index in [1.165, 1.54) is 0 Å². The van der Waals surface area contributed by atoms with Crippen LogP contribution in [0.4, 0.5) is 0 Å². The first-order valence-electron chi connectivity index (χ1n) is 14.1. The number of rotatable bonds is 5.